The fourth-order valence-corrected chi connectivity index (χ4v) is 2.96. The first-order valence-corrected chi connectivity index (χ1v) is 8.40. The number of aliphatic hydroxyl groups is 1. The molecule has 1 N–H and O–H groups in total. The fraction of sp³-hybridized carbons (Fsp3) is 0.526. The number of benzene rings is 1. The molecule has 1 unspecified atom stereocenters. The molecule has 1 atom stereocenters. The van der Waals surface area contributed by atoms with Gasteiger partial charge in [-0.05, 0) is 37.3 Å². The molecule has 4 nitrogen and oxygen atoms in total. The van der Waals surface area contributed by atoms with Crippen LogP contribution in [-0.2, 0) is 9.53 Å². The maximum atomic E-state index is 11.2. The lowest BCUT2D eigenvalue weighted by molar-refractivity contribution is -0.141. The Bertz CT molecular complexity index is 518. The Morgan fingerprint density at radius 3 is 2.74 bits per heavy atom. The number of esters is 1. The standard InChI is InChI=1S/C19H26O4/c1-2-8-19(21)23-14-16(20)13-22-18-12-7-6-11-17(18)15-9-4-3-5-10-15/h2,6-8,11-12,15-16,20H,3-5,9-10,13-14H2,1H3. The fourth-order valence-electron chi connectivity index (χ4n) is 2.96. The molecule has 0 bridgehead atoms. The van der Waals surface area contributed by atoms with Crippen molar-refractivity contribution in [1.82, 2.24) is 0 Å². The van der Waals surface area contributed by atoms with Gasteiger partial charge < -0.3 is 14.6 Å². The molecule has 0 aromatic heterocycles. The van der Waals surface area contributed by atoms with Crippen molar-refractivity contribution >= 4 is 5.97 Å². The van der Waals surface area contributed by atoms with Gasteiger partial charge in [0.2, 0.25) is 0 Å². The summed E-state index contributed by atoms with van der Waals surface area (Å²) in [6, 6.07) is 8.04. The minimum atomic E-state index is -0.830. The highest BCUT2D eigenvalue weighted by Gasteiger charge is 2.19. The normalized spacial score (nSPS) is 17.1. The highest BCUT2D eigenvalue weighted by atomic mass is 16.5. The second kappa shape index (κ2) is 9.36. The largest absolute Gasteiger partial charge is 0.490 e. The van der Waals surface area contributed by atoms with Crippen LogP contribution in [0.2, 0.25) is 0 Å². The van der Waals surface area contributed by atoms with Crippen LogP contribution in [0.4, 0.5) is 0 Å². The molecule has 0 saturated heterocycles. The summed E-state index contributed by atoms with van der Waals surface area (Å²) in [5.74, 6) is 0.928. The van der Waals surface area contributed by atoms with Gasteiger partial charge >= 0.3 is 5.97 Å². The van der Waals surface area contributed by atoms with Crippen molar-refractivity contribution in [2.45, 2.75) is 51.0 Å². The van der Waals surface area contributed by atoms with Gasteiger partial charge in [-0.1, -0.05) is 43.5 Å². The van der Waals surface area contributed by atoms with Gasteiger partial charge in [-0.2, -0.15) is 0 Å². The van der Waals surface area contributed by atoms with Crippen LogP contribution in [0.25, 0.3) is 0 Å². The SMILES string of the molecule is CC=CC(=O)OCC(O)COc1ccccc1C1CCCCC1. The number of carbonyl (C=O) groups is 1. The molecule has 2 rings (SSSR count). The lowest BCUT2D eigenvalue weighted by Gasteiger charge is -2.24. The first kappa shape index (κ1) is 17.5. The van der Waals surface area contributed by atoms with Crippen LogP contribution in [0, 0.1) is 0 Å². The summed E-state index contributed by atoms with van der Waals surface area (Å²) < 4.78 is 10.7. The highest BCUT2D eigenvalue weighted by Crippen LogP contribution is 2.37. The summed E-state index contributed by atoms with van der Waals surface area (Å²) in [4.78, 5) is 11.2. The summed E-state index contributed by atoms with van der Waals surface area (Å²) in [7, 11) is 0. The Morgan fingerprint density at radius 1 is 1.26 bits per heavy atom. The predicted molar refractivity (Wildman–Crippen MR) is 89.5 cm³/mol. The van der Waals surface area contributed by atoms with Crippen molar-refractivity contribution in [3.63, 3.8) is 0 Å². The van der Waals surface area contributed by atoms with Gasteiger partial charge in [0.1, 0.15) is 25.1 Å². The Labute approximate surface area is 138 Å². The highest BCUT2D eigenvalue weighted by molar-refractivity contribution is 5.81. The van der Waals surface area contributed by atoms with Crippen molar-refractivity contribution in [2.24, 2.45) is 0 Å². The number of hydrogen-bond donors (Lipinski definition) is 1. The zero-order valence-electron chi connectivity index (χ0n) is 13.7. The Balaban J connectivity index is 1.86. The second-order valence-corrected chi connectivity index (χ2v) is 5.97. The average Bonchev–Trinajstić information content (AvgIpc) is 2.59. The van der Waals surface area contributed by atoms with E-state index >= 15 is 0 Å². The molecule has 0 heterocycles. The van der Waals surface area contributed by atoms with E-state index in [0.29, 0.717) is 5.92 Å². The first-order chi connectivity index (χ1) is 11.2. The van der Waals surface area contributed by atoms with Crippen molar-refractivity contribution in [3.8, 4) is 5.75 Å². The van der Waals surface area contributed by atoms with Crippen LogP contribution >= 0.6 is 0 Å². The number of allylic oxidation sites excluding steroid dienone is 1. The molecule has 126 valence electrons. The van der Waals surface area contributed by atoms with Gasteiger partial charge in [0, 0.05) is 6.08 Å². The van der Waals surface area contributed by atoms with E-state index in [2.05, 4.69) is 6.07 Å². The molecule has 23 heavy (non-hydrogen) atoms. The van der Waals surface area contributed by atoms with E-state index < -0.39 is 12.1 Å². The number of rotatable bonds is 7. The molecule has 0 spiro atoms. The number of hydrogen-bond acceptors (Lipinski definition) is 4. The van der Waals surface area contributed by atoms with Crippen LogP contribution in [0.1, 0.15) is 50.5 Å². The summed E-state index contributed by atoms with van der Waals surface area (Å²) in [5.41, 5.74) is 1.23. The quantitative estimate of drug-likeness (QED) is 0.616. The molecule has 0 radical (unpaired) electrons. The minimum absolute atomic E-state index is 0.0607. The molecule has 0 amide bonds. The van der Waals surface area contributed by atoms with E-state index in [1.54, 1.807) is 13.0 Å². The van der Waals surface area contributed by atoms with Crippen molar-refractivity contribution in [3.05, 3.63) is 42.0 Å². The molecule has 1 aromatic rings. The van der Waals surface area contributed by atoms with E-state index in [1.165, 1.54) is 43.7 Å². The van der Waals surface area contributed by atoms with Crippen LogP contribution < -0.4 is 4.74 Å². The molecule has 1 aliphatic carbocycles. The number of aliphatic hydroxyl groups excluding tert-OH is 1. The summed E-state index contributed by atoms with van der Waals surface area (Å²) in [6.07, 6.45) is 8.34. The third kappa shape index (κ3) is 5.71. The van der Waals surface area contributed by atoms with E-state index in [0.717, 1.165) is 5.75 Å². The van der Waals surface area contributed by atoms with Crippen molar-refractivity contribution in [1.29, 1.82) is 0 Å². The summed E-state index contributed by atoms with van der Waals surface area (Å²) in [6.45, 7) is 1.80. The smallest absolute Gasteiger partial charge is 0.330 e. The van der Waals surface area contributed by atoms with Gasteiger partial charge in [0.15, 0.2) is 0 Å². The van der Waals surface area contributed by atoms with E-state index in [9.17, 15) is 9.90 Å². The van der Waals surface area contributed by atoms with Gasteiger partial charge in [-0.15, -0.1) is 0 Å². The summed E-state index contributed by atoms with van der Waals surface area (Å²) in [5, 5.41) is 9.90. The molecule has 1 saturated carbocycles. The molecular weight excluding hydrogens is 292 g/mol. The van der Waals surface area contributed by atoms with E-state index in [4.69, 9.17) is 9.47 Å². The topological polar surface area (TPSA) is 55.8 Å². The van der Waals surface area contributed by atoms with Gasteiger partial charge in [0.25, 0.3) is 0 Å². The molecular formula is C19H26O4. The number of ether oxygens (including phenoxy) is 2. The lowest BCUT2D eigenvalue weighted by atomic mass is 9.84. The monoisotopic (exact) mass is 318 g/mol. The van der Waals surface area contributed by atoms with Gasteiger partial charge in [-0.25, -0.2) is 4.79 Å². The minimum Gasteiger partial charge on any atom is -0.490 e. The van der Waals surface area contributed by atoms with Crippen molar-refractivity contribution in [2.75, 3.05) is 13.2 Å². The Morgan fingerprint density at radius 2 is 2.00 bits per heavy atom. The number of para-hydroxylation sites is 1. The van der Waals surface area contributed by atoms with Gasteiger partial charge in [0.05, 0.1) is 0 Å². The van der Waals surface area contributed by atoms with Crippen LogP contribution in [-0.4, -0.2) is 30.4 Å². The van der Waals surface area contributed by atoms with Gasteiger partial charge in [-0.3, -0.25) is 0 Å². The number of carbonyl (C=O) groups excluding carboxylic acids is 1. The van der Waals surface area contributed by atoms with E-state index in [1.807, 2.05) is 18.2 Å². The van der Waals surface area contributed by atoms with Crippen LogP contribution in [0.15, 0.2) is 36.4 Å². The molecule has 1 aromatic carbocycles. The van der Waals surface area contributed by atoms with Crippen molar-refractivity contribution < 1.29 is 19.4 Å². The molecule has 4 heteroatoms. The Kier molecular flexibility index (Phi) is 7.14. The molecule has 1 fully saturated rings. The van der Waals surface area contributed by atoms with Crippen LogP contribution in [0.3, 0.4) is 0 Å². The third-order valence-electron chi connectivity index (χ3n) is 4.12. The lowest BCUT2D eigenvalue weighted by Crippen LogP contribution is -2.25. The maximum Gasteiger partial charge on any atom is 0.330 e. The first-order valence-electron chi connectivity index (χ1n) is 8.40. The maximum absolute atomic E-state index is 11.2. The zero-order chi connectivity index (χ0) is 16.5. The van der Waals surface area contributed by atoms with E-state index in [-0.39, 0.29) is 13.2 Å². The zero-order valence-corrected chi connectivity index (χ0v) is 13.7. The average molecular weight is 318 g/mol. The third-order valence-corrected chi connectivity index (χ3v) is 4.12. The molecule has 0 aliphatic heterocycles. The Hall–Kier alpha value is -1.81. The second-order valence-electron chi connectivity index (χ2n) is 5.97. The van der Waals surface area contributed by atoms with Crippen LogP contribution in [0.5, 0.6) is 5.75 Å². The predicted octanol–water partition coefficient (Wildman–Crippen LogP) is 3.59. The summed E-state index contributed by atoms with van der Waals surface area (Å²) >= 11 is 0. The molecule has 1 aliphatic rings.